The highest BCUT2D eigenvalue weighted by Crippen LogP contribution is 2.27. The summed E-state index contributed by atoms with van der Waals surface area (Å²) in [6, 6.07) is 4.65. The van der Waals surface area contributed by atoms with Gasteiger partial charge in [0.25, 0.3) is 5.91 Å². The molecule has 0 aliphatic carbocycles. The van der Waals surface area contributed by atoms with Crippen molar-refractivity contribution in [1.29, 1.82) is 0 Å². The van der Waals surface area contributed by atoms with Crippen LogP contribution < -0.4 is 5.32 Å². The fraction of sp³-hybridized carbons (Fsp3) is 0.467. The Kier molecular flexibility index (Phi) is 4.93. The van der Waals surface area contributed by atoms with Gasteiger partial charge in [0.1, 0.15) is 0 Å². The number of morpholine rings is 1. The first-order valence-corrected chi connectivity index (χ1v) is 7.04. The third-order valence-electron chi connectivity index (χ3n) is 3.50. The first-order chi connectivity index (χ1) is 10.7. The van der Waals surface area contributed by atoms with E-state index in [9.17, 15) is 22.8 Å². The number of aryl methyl sites for hydroxylation is 1. The molecule has 0 spiro atoms. The van der Waals surface area contributed by atoms with Crippen molar-refractivity contribution in [3.63, 3.8) is 0 Å². The summed E-state index contributed by atoms with van der Waals surface area (Å²) in [5, 5.41) is 2.59. The molecule has 1 saturated heterocycles. The summed E-state index contributed by atoms with van der Waals surface area (Å²) in [4.78, 5) is 24.6. The van der Waals surface area contributed by atoms with Gasteiger partial charge in [0.05, 0.1) is 13.2 Å². The minimum Gasteiger partial charge on any atom is -0.365 e. The second kappa shape index (κ2) is 6.57. The highest BCUT2D eigenvalue weighted by molar-refractivity contribution is 5.97. The van der Waals surface area contributed by atoms with Crippen LogP contribution in [0.4, 0.5) is 18.9 Å². The van der Waals surface area contributed by atoms with E-state index in [1.165, 1.54) is 13.0 Å². The van der Waals surface area contributed by atoms with Gasteiger partial charge in [0, 0.05) is 24.7 Å². The van der Waals surface area contributed by atoms with Crippen molar-refractivity contribution in [2.75, 3.05) is 25.0 Å². The lowest BCUT2D eigenvalue weighted by Crippen LogP contribution is -2.51. The number of nitrogens with zero attached hydrogens (tertiary/aromatic N) is 1. The Balaban J connectivity index is 2.15. The van der Waals surface area contributed by atoms with E-state index in [1.54, 1.807) is 19.1 Å². The molecule has 8 heteroatoms. The number of carbonyl (C=O) groups is 2. The number of halogens is 3. The first kappa shape index (κ1) is 17.3. The molecule has 0 saturated carbocycles. The van der Waals surface area contributed by atoms with E-state index in [2.05, 4.69) is 10.1 Å². The molecule has 1 N–H and O–H groups in total. The molecule has 0 radical (unpaired) electrons. The summed E-state index contributed by atoms with van der Waals surface area (Å²) >= 11 is 0. The molecule has 23 heavy (non-hydrogen) atoms. The number of anilines is 1. The number of rotatable bonds is 2. The van der Waals surface area contributed by atoms with E-state index in [1.807, 2.05) is 0 Å². The van der Waals surface area contributed by atoms with Gasteiger partial charge in [0.15, 0.2) is 6.10 Å². The molecule has 126 valence electrons. The molecule has 1 aliphatic rings. The maximum atomic E-state index is 12.7. The fourth-order valence-corrected chi connectivity index (χ4v) is 2.39. The molecule has 0 bridgehead atoms. The Morgan fingerprint density at radius 2 is 2.04 bits per heavy atom. The molecule has 2 rings (SSSR count). The fourth-order valence-electron chi connectivity index (χ4n) is 2.39. The highest BCUT2D eigenvalue weighted by atomic mass is 19.4. The number of ether oxygens (including phenoxy) is 1. The van der Waals surface area contributed by atoms with Crippen molar-refractivity contribution in [3.05, 3.63) is 29.3 Å². The third kappa shape index (κ3) is 4.22. The Bertz CT molecular complexity index is 616. The van der Waals surface area contributed by atoms with Crippen LogP contribution in [0.1, 0.15) is 22.8 Å². The molecule has 0 unspecified atom stereocenters. The normalized spacial score (nSPS) is 18.7. The number of alkyl halides is 3. The standard InChI is InChI=1S/C15H17F3N2O3/c1-9-7-11(19-10(2)21)3-4-12(9)14(22)20-5-6-23-13(8-20)15(16,17)18/h3-4,7,13H,5-6,8H2,1-2H3,(H,19,21)/t13-/m0/s1. The number of benzene rings is 1. The van der Waals surface area contributed by atoms with Crippen molar-refractivity contribution in [3.8, 4) is 0 Å². The minimum absolute atomic E-state index is 0.109. The molecule has 1 heterocycles. The lowest BCUT2D eigenvalue weighted by atomic mass is 10.1. The summed E-state index contributed by atoms with van der Waals surface area (Å²) in [6.07, 6.45) is -6.46. The number of carbonyl (C=O) groups excluding carboxylic acids is 2. The number of hydrogen-bond acceptors (Lipinski definition) is 3. The van der Waals surface area contributed by atoms with Gasteiger partial charge in [-0.1, -0.05) is 0 Å². The minimum atomic E-state index is -4.50. The quantitative estimate of drug-likeness (QED) is 0.906. The highest BCUT2D eigenvalue weighted by Gasteiger charge is 2.44. The van der Waals surface area contributed by atoms with Gasteiger partial charge >= 0.3 is 6.18 Å². The molecule has 0 aromatic heterocycles. The van der Waals surface area contributed by atoms with E-state index >= 15 is 0 Å². The third-order valence-corrected chi connectivity index (χ3v) is 3.50. The molecule has 1 atom stereocenters. The van der Waals surface area contributed by atoms with Crippen molar-refractivity contribution in [2.24, 2.45) is 0 Å². The summed E-state index contributed by atoms with van der Waals surface area (Å²) in [6.45, 7) is 2.46. The van der Waals surface area contributed by atoms with Crippen LogP contribution in [0.25, 0.3) is 0 Å². The number of nitrogens with one attached hydrogen (secondary N) is 1. The van der Waals surface area contributed by atoms with Crippen LogP contribution in [0, 0.1) is 6.92 Å². The maximum absolute atomic E-state index is 12.7. The molecular weight excluding hydrogens is 313 g/mol. The van der Waals surface area contributed by atoms with E-state index in [0.717, 1.165) is 4.90 Å². The zero-order valence-electron chi connectivity index (χ0n) is 12.7. The molecule has 1 fully saturated rings. The maximum Gasteiger partial charge on any atom is 0.416 e. The van der Waals surface area contributed by atoms with Crippen LogP contribution in [0.5, 0.6) is 0 Å². The smallest absolute Gasteiger partial charge is 0.365 e. The zero-order chi connectivity index (χ0) is 17.2. The van der Waals surface area contributed by atoms with Gasteiger partial charge < -0.3 is 15.0 Å². The molecule has 1 aliphatic heterocycles. The van der Waals surface area contributed by atoms with Crippen LogP contribution in [0.2, 0.25) is 0 Å². The van der Waals surface area contributed by atoms with Gasteiger partial charge in [-0.05, 0) is 30.7 Å². The van der Waals surface area contributed by atoms with Gasteiger partial charge in [-0.15, -0.1) is 0 Å². The second-order valence-electron chi connectivity index (χ2n) is 5.36. The Hall–Kier alpha value is -2.09. The van der Waals surface area contributed by atoms with Crippen LogP contribution in [0.15, 0.2) is 18.2 Å². The SMILES string of the molecule is CC(=O)Nc1ccc(C(=O)N2CCO[C@H](C(F)(F)F)C2)c(C)c1. The predicted molar refractivity (Wildman–Crippen MR) is 77.2 cm³/mol. The first-order valence-electron chi connectivity index (χ1n) is 7.04. The summed E-state index contributed by atoms with van der Waals surface area (Å²) in [5.41, 5.74) is 1.42. The number of amides is 2. The van der Waals surface area contributed by atoms with Crippen LogP contribution in [-0.4, -0.2) is 48.7 Å². The molecular formula is C15H17F3N2O3. The summed E-state index contributed by atoms with van der Waals surface area (Å²) in [7, 11) is 0. The van der Waals surface area contributed by atoms with Crippen molar-refractivity contribution in [1.82, 2.24) is 4.90 Å². The largest absolute Gasteiger partial charge is 0.416 e. The zero-order valence-corrected chi connectivity index (χ0v) is 12.7. The van der Waals surface area contributed by atoms with Gasteiger partial charge in [0.2, 0.25) is 5.91 Å². The van der Waals surface area contributed by atoms with Crippen molar-refractivity contribution in [2.45, 2.75) is 26.1 Å². The Morgan fingerprint density at radius 1 is 1.35 bits per heavy atom. The van der Waals surface area contributed by atoms with Gasteiger partial charge in [-0.25, -0.2) is 0 Å². The second-order valence-corrected chi connectivity index (χ2v) is 5.36. The van der Waals surface area contributed by atoms with E-state index in [-0.39, 0.29) is 19.1 Å². The van der Waals surface area contributed by atoms with Crippen LogP contribution in [-0.2, 0) is 9.53 Å². The average Bonchev–Trinajstić information content (AvgIpc) is 2.45. The van der Waals surface area contributed by atoms with E-state index < -0.39 is 24.7 Å². The summed E-state index contributed by atoms with van der Waals surface area (Å²) in [5.74, 6) is -0.723. The van der Waals surface area contributed by atoms with Crippen LogP contribution in [0.3, 0.4) is 0 Å². The Morgan fingerprint density at radius 3 is 2.61 bits per heavy atom. The molecule has 2 amide bonds. The summed E-state index contributed by atoms with van der Waals surface area (Å²) < 4.78 is 42.9. The average molecular weight is 330 g/mol. The lowest BCUT2D eigenvalue weighted by Gasteiger charge is -2.34. The lowest BCUT2D eigenvalue weighted by molar-refractivity contribution is -0.233. The predicted octanol–water partition coefficient (Wildman–Crippen LogP) is 2.36. The molecule has 1 aromatic carbocycles. The number of hydrogen-bond donors (Lipinski definition) is 1. The monoisotopic (exact) mass is 330 g/mol. The topological polar surface area (TPSA) is 58.6 Å². The van der Waals surface area contributed by atoms with Crippen molar-refractivity contribution >= 4 is 17.5 Å². The molecule has 1 aromatic rings. The van der Waals surface area contributed by atoms with E-state index in [0.29, 0.717) is 16.8 Å². The van der Waals surface area contributed by atoms with E-state index in [4.69, 9.17) is 0 Å². The van der Waals surface area contributed by atoms with Crippen molar-refractivity contribution < 1.29 is 27.5 Å². The Labute approximate surface area is 131 Å². The molecule has 5 nitrogen and oxygen atoms in total. The van der Waals surface area contributed by atoms with Gasteiger partial charge in [-0.3, -0.25) is 9.59 Å². The van der Waals surface area contributed by atoms with Gasteiger partial charge in [-0.2, -0.15) is 13.2 Å². The van der Waals surface area contributed by atoms with Crippen LogP contribution >= 0.6 is 0 Å².